The second kappa shape index (κ2) is 5.90. The highest BCUT2D eigenvalue weighted by Gasteiger charge is 2.32. The fourth-order valence-corrected chi connectivity index (χ4v) is 4.55. The number of hydrogen-bond acceptors (Lipinski definition) is 1. The summed E-state index contributed by atoms with van der Waals surface area (Å²) >= 11 is 7.55. The summed E-state index contributed by atoms with van der Waals surface area (Å²) < 4.78 is 6.64. The highest BCUT2D eigenvalue weighted by atomic mass is 79.9. The van der Waals surface area contributed by atoms with Crippen LogP contribution in [0.15, 0.2) is 46.9 Å². The Kier molecular flexibility index (Phi) is 4.18. The monoisotopic (exact) mass is 394 g/mol. The van der Waals surface area contributed by atoms with Crippen LogP contribution < -0.4 is 4.74 Å². The van der Waals surface area contributed by atoms with Gasteiger partial charge in [0.05, 0.1) is 6.61 Å². The van der Waals surface area contributed by atoms with Gasteiger partial charge in [0.1, 0.15) is 5.75 Å². The lowest BCUT2D eigenvalue weighted by Crippen LogP contribution is -2.21. The molecule has 20 heavy (non-hydrogen) atoms. The summed E-state index contributed by atoms with van der Waals surface area (Å²) in [4.78, 5) is 0.336. The van der Waals surface area contributed by atoms with Gasteiger partial charge in [-0.3, -0.25) is 0 Å². The van der Waals surface area contributed by atoms with Crippen molar-refractivity contribution in [1.29, 1.82) is 0 Å². The standard InChI is InChI=1S/C17H16Br2O/c1-2-20-12-7-8-14(16(18)10-12)17(19)15-9-11-5-3-4-6-13(11)15/h3-8,10,15,17H,2,9H2,1H3. The molecule has 2 aromatic rings. The lowest BCUT2D eigenvalue weighted by Gasteiger charge is -2.34. The van der Waals surface area contributed by atoms with Crippen LogP contribution in [0.3, 0.4) is 0 Å². The Balaban J connectivity index is 1.84. The maximum atomic E-state index is 5.53. The fourth-order valence-electron chi connectivity index (χ4n) is 2.76. The van der Waals surface area contributed by atoms with Crippen molar-refractivity contribution in [3.05, 3.63) is 63.6 Å². The summed E-state index contributed by atoms with van der Waals surface area (Å²) in [5, 5.41) is 0. The molecule has 0 radical (unpaired) electrons. The van der Waals surface area contributed by atoms with Crippen molar-refractivity contribution in [1.82, 2.24) is 0 Å². The van der Waals surface area contributed by atoms with Gasteiger partial charge in [-0.2, -0.15) is 0 Å². The third-order valence-corrected chi connectivity index (χ3v) is 5.65. The average molecular weight is 396 g/mol. The largest absolute Gasteiger partial charge is 0.494 e. The summed E-state index contributed by atoms with van der Waals surface area (Å²) in [6.45, 7) is 2.69. The normalized spacial score (nSPS) is 18.1. The Bertz CT molecular complexity index is 624. The molecule has 0 saturated heterocycles. The lowest BCUT2D eigenvalue weighted by molar-refractivity contribution is 0.340. The molecule has 104 valence electrons. The van der Waals surface area contributed by atoms with E-state index in [1.807, 2.05) is 13.0 Å². The van der Waals surface area contributed by atoms with Crippen LogP contribution in [0.25, 0.3) is 0 Å². The highest BCUT2D eigenvalue weighted by Crippen LogP contribution is 2.49. The minimum Gasteiger partial charge on any atom is -0.494 e. The highest BCUT2D eigenvalue weighted by molar-refractivity contribution is 9.11. The van der Waals surface area contributed by atoms with Gasteiger partial charge in [0.2, 0.25) is 0 Å². The van der Waals surface area contributed by atoms with E-state index in [0.717, 1.165) is 16.6 Å². The predicted octanol–water partition coefficient (Wildman–Crippen LogP) is 5.62. The van der Waals surface area contributed by atoms with Gasteiger partial charge < -0.3 is 4.74 Å². The smallest absolute Gasteiger partial charge is 0.120 e. The Morgan fingerprint density at radius 3 is 2.75 bits per heavy atom. The van der Waals surface area contributed by atoms with Crippen molar-refractivity contribution in [2.24, 2.45) is 0 Å². The van der Waals surface area contributed by atoms with Gasteiger partial charge in [0.15, 0.2) is 0 Å². The van der Waals surface area contributed by atoms with Crippen LogP contribution in [0.4, 0.5) is 0 Å². The molecule has 3 heteroatoms. The number of rotatable bonds is 4. The third-order valence-electron chi connectivity index (χ3n) is 3.83. The Labute approximate surface area is 136 Å². The molecular weight excluding hydrogens is 380 g/mol. The number of hydrogen-bond donors (Lipinski definition) is 0. The molecular formula is C17H16Br2O. The van der Waals surface area contributed by atoms with Gasteiger partial charge in [-0.05, 0) is 42.2 Å². The molecule has 2 atom stereocenters. The van der Waals surface area contributed by atoms with E-state index in [2.05, 4.69) is 68.3 Å². The quantitative estimate of drug-likeness (QED) is 0.610. The van der Waals surface area contributed by atoms with Crippen LogP contribution in [0.2, 0.25) is 0 Å². The van der Waals surface area contributed by atoms with E-state index < -0.39 is 0 Å². The number of fused-ring (bicyclic) bond motifs is 1. The molecule has 3 rings (SSSR count). The van der Waals surface area contributed by atoms with E-state index in [1.54, 1.807) is 0 Å². The molecule has 0 aliphatic heterocycles. The molecule has 0 bridgehead atoms. The molecule has 2 unspecified atom stereocenters. The van der Waals surface area contributed by atoms with E-state index in [4.69, 9.17) is 4.74 Å². The molecule has 0 N–H and O–H groups in total. The van der Waals surface area contributed by atoms with Crippen LogP contribution in [0.5, 0.6) is 5.75 Å². The Hall–Kier alpha value is -0.800. The molecule has 1 nitrogen and oxygen atoms in total. The van der Waals surface area contributed by atoms with E-state index in [-0.39, 0.29) is 0 Å². The van der Waals surface area contributed by atoms with E-state index >= 15 is 0 Å². The summed E-state index contributed by atoms with van der Waals surface area (Å²) in [6.07, 6.45) is 1.14. The molecule has 1 aliphatic rings. The van der Waals surface area contributed by atoms with Crippen molar-refractivity contribution >= 4 is 31.9 Å². The first-order valence-corrected chi connectivity index (χ1v) is 8.55. The molecule has 0 heterocycles. The van der Waals surface area contributed by atoms with Crippen molar-refractivity contribution in [3.8, 4) is 5.75 Å². The molecule has 0 saturated carbocycles. The van der Waals surface area contributed by atoms with Crippen LogP contribution in [-0.4, -0.2) is 6.61 Å². The first-order valence-electron chi connectivity index (χ1n) is 6.84. The van der Waals surface area contributed by atoms with Gasteiger partial charge in [-0.15, -0.1) is 0 Å². The third kappa shape index (κ3) is 2.53. The van der Waals surface area contributed by atoms with Crippen molar-refractivity contribution in [3.63, 3.8) is 0 Å². The van der Waals surface area contributed by atoms with Gasteiger partial charge in [0.25, 0.3) is 0 Å². The number of benzene rings is 2. The van der Waals surface area contributed by atoms with Gasteiger partial charge in [-0.25, -0.2) is 0 Å². The molecule has 1 aliphatic carbocycles. The number of alkyl halides is 1. The van der Waals surface area contributed by atoms with E-state index in [9.17, 15) is 0 Å². The summed E-state index contributed by atoms with van der Waals surface area (Å²) in [7, 11) is 0. The average Bonchev–Trinajstić information content (AvgIpc) is 2.40. The zero-order valence-corrected chi connectivity index (χ0v) is 14.4. The Morgan fingerprint density at radius 2 is 2.05 bits per heavy atom. The zero-order valence-electron chi connectivity index (χ0n) is 11.3. The van der Waals surface area contributed by atoms with Crippen molar-refractivity contribution < 1.29 is 4.74 Å². The molecule has 0 aromatic heterocycles. The van der Waals surface area contributed by atoms with Gasteiger partial charge >= 0.3 is 0 Å². The summed E-state index contributed by atoms with van der Waals surface area (Å²) in [5.74, 6) is 1.47. The summed E-state index contributed by atoms with van der Waals surface area (Å²) in [5.41, 5.74) is 4.23. The number of ether oxygens (including phenoxy) is 1. The van der Waals surface area contributed by atoms with Crippen molar-refractivity contribution in [2.75, 3.05) is 6.61 Å². The first-order chi connectivity index (χ1) is 9.70. The SMILES string of the molecule is CCOc1ccc(C(Br)C2Cc3ccccc32)c(Br)c1. The summed E-state index contributed by atoms with van der Waals surface area (Å²) in [6, 6.07) is 14.9. The topological polar surface area (TPSA) is 9.23 Å². The zero-order chi connectivity index (χ0) is 14.1. The van der Waals surface area contributed by atoms with Crippen LogP contribution in [0, 0.1) is 0 Å². The van der Waals surface area contributed by atoms with Gasteiger partial charge in [-0.1, -0.05) is 62.2 Å². The maximum absolute atomic E-state index is 5.53. The Morgan fingerprint density at radius 1 is 1.25 bits per heavy atom. The van der Waals surface area contributed by atoms with Gasteiger partial charge in [0, 0.05) is 15.2 Å². The van der Waals surface area contributed by atoms with Crippen LogP contribution >= 0.6 is 31.9 Å². The fraction of sp³-hybridized carbons (Fsp3) is 0.294. The predicted molar refractivity (Wildman–Crippen MR) is 89.9 cm³/mol. The molecule has 2 aromatic carbocycles. The maximum Gasteiger partial charge on any atom is 0.120 e. The second-order valence-corrected chi connectivity index (χ2v) is 6.87. The lowest BCUT2D eigenvalue weighted by atomic mass is 9.74. The van der Waals surface area contributed by atoms with E-state index in [0.29, 0.717) is 17.4 Å². The van der Waals surface area contributed by atoms with Crippen molar-refractivity contribution in [2.45, 2.75) is 24.1 Å². The molecule has 0 fully saturated rings. The second-order valence-electron chi connectivity index (χ2n) is 5.03. The minimum atomic E-state index is 0.336. The minimum absolute atomic E-state index is 0.336. The molecule has 0 amide bonds. The van der Waals surface area contributed by atoms with Crippen LogP contribution in [0.1, 0.15) is 34.4 Å². The number of halogens is 2. The first kappa shape index (κ1) is 14.2. The molecule has 0 spiro atoms. The van der Waals surface area contributed by atoms with Crippen LogP contribution in [-0.2, 0) is 6.42 Å². The van der Waals surface area contributed by atoms with E-state index in [1.165, 1.54) is 16.7 Å².